The Balaban J connectivity index is 1.63. The molecule has 0 spiro atoms. The second-order valence-corrected chi connectivity index (χ2v) is 8.81. The van der Waals surface area contributed by atoms with Crippen LogP contribution in [0.15, 0.2) is 24.4 Å². The standard InChI is InChI=1S/C22H31N3O5/c1-22(2,3)30-21(28)24-14-7-5-13(6-8-14)19(26)20(27)15-11-12-23-16-9-10-17(29-4)25-18(15)16/h9-14,19-20,26-27H,5-8H2,1-4H3,(H,24,28)/t13?,14?,19-,20-/m1/s1. The summed E-state index contributed by atoms with van der Waals surface area (Å²) >= 11 is 0. The lowest BCUT2D eigenvalue weighted by Gasteiger charge is -2.34. The quantitative estimate of drug-likeness (QED) is 0.685. The first-order chi connectivity index (χ1) is 14.2. The lowest BCUT2D eigenvalue weighted by atomic mass is 9.80. The Morgan fingerprint density at radius 3 is 2.50 bits per heavy atom. The molecule has 3 N–H and O–H groups in total. The van der Waals surface area contributed by atoms with Gasteiger partial charge in [0.05, 0.1) is 24.2 Å². The summed E-state index contributed by atoms with van der Waals surface area (Å²) in [5, 5.41) is 24.7. The van der Waals surface area contributed by atoms with Crippen LogP contribution >= 0.6 is 0 Å². The Labute approximate surface area is 176 Å². The van der Waals surface area contributed by atoms with Crippen LogP contribution in [-0.2, 0) is 4.74 Å². The van der Waals surface area contributed by atoms with Gasteiger partial charge in [-0.05, 0) is 64.5 Å². The number of fused-ring (bicyclic) bond motifs is 1. The molecule has 1 aliphatic rings. The number of carbonyl (C=O) groups excluding carboxylic acids is 1. The molecule has 2 heterocycles. The SMILES string of the molecule is COc1ccc2nccc([C@@H](O)[C@H](O)C3CCC(NC(=O)OC(C)(C)C)CC3)c2n1. The fourth-order valence-corrected chi connectivity index (χ4v) is 3.90. The van der Waals surface area contributed by atoms with E-state index >= 15 is 0 Å². The van der Waals surface area contributed by atoms with Crippen molar-refractivity contribution in [2.24, 2.45) is 5.92 Å². The number of methoxy groups -OCH3 is 1. The van der Waals surface area contributed by atoms with E-state index in [9.17, 15) is 15.0 Å². The summed E-state index contributed by atoms with van der Waals surface area (Å²) in [6.45, 7) is 5.48. The van der Waals surface area contributed by atoms with Gasteiger partial charge in [0, 0.05) is 23.9 Å². The van der Waals surface area contributed by atoms with Crippen LogP contribution in [0.1, 0.15) is 58.1 Å². The molecule has 30 heavy (non-hydrogen) atoms. The summed E-state index contributed by atoms with van der Waals surface area (Å²) in [6, 6.07) is 5.17. The molecule has 1 fully saturated rings. The molecule has 0 saturated heterocycles. The first kappa shape index (κ1) is 22.2. The molecule has 0 bridgehead atoms. The van der Waals surface area contributed by atoms with E-state index < -0.39 is 23.9 Å². The number of amides is 1. The normalized spacial score (nSPS) is 21.7. The number of carbonyl (C=O) groups is 1. The van der Waals surface area contributed by atoms with Crippen molar-refractivity contribution in [3.63, 3.8) is 0 Å². The summed E-state index contributed by atoms with van der Waals surface area (Å²) in [4.78, 5) is 20.6. The van der Waals surface area contributed by atoms with Crippen LogP contribution in [0, 0.1) is 5.92 Å². The largest absolute Gasteiger partial charge is 0.481 e. The molecule has 0 aliphatic heterocycles. The maximum atomic E-state index is 12.0. The highest BCUT2D eigenvalue weighted by Gasteiger charge is 2.33. The molecule has 0 radical (unpaired) electrons. The van der Waals surface area contributed by atoms with Gasteiger partial charge in [0.1, 0.15) is 11.7 Å². The Kier molecular flexibility index (Phi) is 6.77. The number of rotatable bonds is 5. The van der Waals surface area contributed by atoms with Crippen LogP contribution in [-0.4, -0.2) is 51.1 Å². The van der Waals surface area contributed by atoms with Gasteiger partial charge in [-0.1, -0.05) is 0 Å². The van der Waals surface area contributed by atoms with E-state index in [1.807, 2.05) is 20.8 Å². The monoisotopic (exact) mass is 417 g/mol. The minimum Gasteiger partial charge on any atom is -0.481 e. The lowest BCUT2D eigenvalue weighted by Crippen LogP contribution is -2.42. The number of alkyl carbamates (subject to hydrolysis) is 1. The second-order valence-electron chi connectivity index (χ2n) is 8.81. The Morgan fingerprint density at radius 2 is 1.87 bits per heavy atom. The smallest absolute Gasteiger partial charge is 0.407 e. The topological polar surface area (TPSA) is 114 Å². The summed E-state index contributed by atoms with van der Waals surface area (Å²) in [5.41, 5.74) is 1.14. The van der Waals surface area contributed by atoms with Crippen LogP contribution < -0.4 is 10.1 Å². The third-order valence-electron chi connectivity index (χ3n) is 5.42. The summed E-state index contributed by atoms with van der Waals surface area (Å²) in [7, 11) is 1.53. The zero-order valence-corrected chi connectivity index (χ0v) is 18.0. The van der Waals surface area contributed by atoms with Gasteiger partial charge < -0.3 is 25.0 Å². The van der Waals surface area contributed by atoms with Crippen molar-refractivity contribution < 1.29 is 24.5 Å². The number of aliphatic hydroxyl groups is 2. The third-order valence-corrected chi connectivity index (χ3v) is 5.42. The van der Waals surface area contributed by atoms with E-state index in [4.69, 9.17) is 9.47 Å². The van der Waals surface area contributed by atoms with Gasteiger partial charge in [-0.2, -0.15) is 0 Å². The van der Waals surface area contributed by atoms with Crippen molar-refractivity contribution >= 4 is 17.1 Å². The minimum atomic E-state index is -1.09. The predicted molar refractivity (Wildman–Crippen MR) is 112 cm³/mol. The third kappa shape index (κ3) is 5.37. The summed E-state index contributed by atoms with van der Waals surface area (Å²) < 4.78 is 10.5. The van der Waals surface area contributed by atoms with Gasteiger partial charge in [0.25, 0.3) is 0 Å². The van der Waals surface area contributed by atoms with Crippen LogP contribution in [0.5, 0.6) is 5.88 Å². The average Bonchev–Trinajstić information content (AvgIpc) is 2.71. The highest BCUT2D eigenvalue weighted by Crippen LogP contribution is 2.34. The highest BCUT2D eigenvalue weighted by molar-refractivity contribution is 5.78. The molecular formula is C22H31N3O5. The molecule has 8 nitrogen and oxygen atoms in total. The van der Waals surface area contributed by atoms with Crippen LogP contribution in [0.4, 0.5) is 4.79 Å². The van der Waals surface area contributed by atoms with Crippen molar-refractivity contribution in [3.05, 3.63) is 30.0 Å². The van der Waals surface area contributed by atoms with Gasteiger partial charge in [0.2, 0.25) is 5.88 Å². The summed E-state index contributed by atoms with van der Waals surface area (Å²) in [5.74, 6) is 0.345. The molecule has 8 heteroatoms. The van der Waals surface area contributed by atoms with Crippen molar-refractivity contribution in [3.8, 4) is 5.88 Å². The molecule has 1 saturated carbocycles. The second kappa shape index (κ2) is 9.14. The molecule has 0 aromatic carbocycles. The first-order valence-electron chi connectivity index (χ1n) is 10.3. The van der Waals surface area contributed by atoms with Crippen molar-refractivity contribution in [2.45, 2.75) is 70.3 Å². The number of aliphatic hydroxyl groups excluding tert-OH is 2. The number of nitrogens with one attached hydrogen (secondary N) is 1. The molecular weight excluding hydrogens is 386 g/mol. The number of hydrogen-bond donors (Lipinski definition) is 3. The molecule has 2 aromatic heterocycles. The molecule has 3 rings (SSSR count). The van der Waals surface area contributed by atoms with Crippen LogP contribution in [0.3, 0.4) is 0 Å². The van der Waals surface area contributed by atoms with E-state index in [0.29, 0.717) is 35.3 Å². The van der Waals surface area contributed by atoms with E-state index in [1.165, 1.54) is 7.11 Å². The highest BCUT2D eigenvalue weighted by atomic mass is 16.6. The summed E-state index contributed by atoms with van der Waals surface area (Å²) in [6.07, 6.45) is 1.98. The average molecular weight is 418 g/mol. The molecule has 164 valence electrons. The number of pyridine rings is 2. The van der Waals surface area contributed by atoms with E-state index in [0.717, 1.165) is 12.8 Å². The van der Waals surface area contributed by atoms with Crippen molar-refractivity contribution in [1.29, 1.82) is 0 Å². The number of ether oxygens (including phenoxy) is 2. The predicted octanol–water partition coefficient (Wildman–Crippen LogP) is 3.12. The van der Waals surface area contributed by atoms with Gasteiger partial charge in [-0.15, -0.1) is 0 Å². The van der Waals surface area contributed by atoms with E-state index in [2.05, 4.69) is 15.3 Å². The van der Waals surface area contributed by atoms with E-state index in [-0.39, 0.29) is 12.0 Å². The first-order valence-corrected chi connectivity index (χ1v) is 10.3. The maximum Gasteiger partial charge on any atom is 0.407 e. The molecule has 2 aromatic rings. The van der Waals surface area contributed by atoms with E-state index in [1.54, 1.807) is 24.4 Å². The van der Waals surface area contributed by atoms with Crippen molar-refractivity contribution in [2.75, 3.05) is 7.11 Å². The number of hydrogen-bond acceptors (Lipinski definition) is 7. The van der Waals surface area contributed by atoms with Gasteiger partial charge >= 0.3 is 6.09 Å². The van der Waals surface area contributed by atoms with Gasteiger partial charge in [-0.3, -0.25) is 4.98 Å². The number of nitrogens with zero attached hydrogens (tertiary/aromatic N) is 2. The lowest BCUT2D eigenvalue weighted by molar-refractivity contribution is -0.0304. The minimum absolute atomic E-state index is 0.00752. The van der Waals surface area contributed by atoms with Gasteiger partial charge in [-0.25, -0.2) is 9.78 Å². The Bertz CT molecular complexity index is 875. The molecule has 1 amide bonds. The maximum absolute atomic E-state index is 12.0. The Hall–Kier alpha value is -2.45. The zero-order valence-electron chi connectivity index (χ0n) is 18.0. The van der Waals surface area contributed by atoms with Crippen LogP contribution in [0.25, 0.3) is 11.0 Å². The van der Waals surface area contributed by atoms with Crippen molar-refractivity contribution in [1.82, 2.24) is 15.3 Å². The molecule has 1 aliphatic carbocycles. The van der Waals surface area contributed by atoms with Crippen LogP contribution in [0.2, 0.25) is 0 Å². The number of aromatic nitrogens is 2. The zero-order chi connectivity index (χ0) is 21.9. The molecule has 2 atom stereocenters. The fourth-order valence-electron chi connectivity index (χ4n) is 3.90. The van der Waals surface area contributed by atoms with Gasteiger partial charge in [0.15, 0.2) is 0 Å². The Morgan fingerprint density at radius 1 is 1.17 bits per heavy atom. The fraction of sp³-hybridized carbons (Fsp3) is 0.591. The molecule has 0 unspecified atom stereocenters.